The Hall–Kier alpha value is -0.980. The van der Waals surface area contributed by atoms with E-state index in [0.717, 1.165) is 37.8 Å². The molecule has 1 aliphatic rings. The first kappa shape index (κ1) is 16.4. The molecule has 6 heteroatoms. The zero-order chi connectivity index (χ0) is 15.2. The molecule has 0 aromatic carbocycles. The molecule has 2 atom stereocenters. The molecular formula is C15H24N2O3S. The van der Waals surface area contributed by atoms with Crippen molar-refractivity contribution in [1.82, 2.24) is 10.2 Å². The Morgan fingerprint density at radius 3 is 2.71 bits per heavy atom. The fourth-order valence-electron chi connectivity index (χ4n) is 2.38. The highest BCUT2D eigenvalue weighted by Gasteiger charge is 2.26. The molecule has 2 rings (SSSR count). The van der Waals surface area contributed by atoms with Gasteiger partial charge in [-0.15, -0.1) is 0 Å². The van der Waals surface area contributed by atoms with Crippen LogP contribution in [-0.2, 0) is 9.53 Å². The number of nitrogens with one attached hydrogen (secondary N) is 1. The zero-order valence-corrected chi connectivity index (χ0v) is 13.7. The number of rotatable bonds is 6. The smallest absolute Gasteiger partial charge is 0.232 e. The lowest BCUT2D eigenvalue weighted by molar-refractivity contribution is -0.120. The van der Waals surface area contributed by atoms with Gasteiger partial charge < -0.3 is 14.5 Å². The van der Waals surface area contributed by atoms with Crippen molar-refractivity contribution in [2.45, 2.75) is 25.1 Å². The molecule has 2 heterocycles. The average Bonchev–Trinajstić information content (AvgIpc) is 2.93. The van der Waals surface area contributed by atoms with Crippen LogP contribution in [0.25, 0.3) is 0 Å². The molecule has 21 heavy (non-hydrogen) atoms. The maximum atomic E-state index is 12.0. The van der Waals surface area contributed by atoms with Gasteiger partial charge in [-0.3, -0.25) is 9.69 Å². The molecule has 1 N–H and O–H groups in total. The van der Waals surface area contributed by atoms with E-state index < -0.39 is 0 Å². The highest BCUT2D eigenvalue weighted by atomic mass is 32.2. The van der Waals surface area contributed by atoms with Gasteiger partial charge in [0.05, 0.1) is 24.5 Å². The molecule has 1 aromatic rings. The third-order valence-corrected chi connectivity index (χ3v) is 4.69. The second-order valence-electron chi connectivity index (χ2n) is 5.24. The van der Waals surface area contributed by atoms with Crippen molar-refractivity contribution in [2.75, 3.05) is 39.1 Å². The summed E-state index contributed by atoms with van der Waals surface area (Å²) in [6.07, 6.45) is 1.94. The molecule has 0 unspecified atom stereocenters. The van der Waals surface area contributed by atoms with E-state index in [1.165, 1.54) is 0 Å². The van der Waals surface area contributed by atoms with Gasteiger partial charge in [0.25, 0.3) is 0 Å². The van der Waals surface area contributed by atoms with Crippen LogP contribution in [0.3, 0.4) is 0 Å². The van der Waals surface area contributed by atoms with Crippen LogP contribution in [0.1, 0.15) is 24.5 Å². The van der Waals surface area contributed by atoms with Crippen molar-refractivity contribution in [3.8, 4) is 0 Å². The van der Waals surface area contributed by atoms with Crippen molar-refractivity contribution in [2.24, 2.45) is 0 Å². The number of morpholine rings is 1. The summed E-state index contributed by atoms with van der Waals surface area (Å²) in [6, 6.07) is 4.04. The van der Waals surface area contributed by atoms with Gasteiger partial charge in [-0.2, -0.15) is 11.8 Å². The van der Waals surface area contributed by atoms with Crippen LogP contribution in [0.5, 0.6) is 0 Å². The molecule has 5 nitrogen and oxygen atoms in total. The van der Waals surface area contributed by atoms with E-state index in [4.69, 9.17) is 9.15 Å². The number of hydrogen-bond donors (Lipinski definition) is 1. The van der Waals surface area contributed by atoms with Gasteiger partial charge in [-0.05, 0) is 32.2 Å². The number of furan rings is 1. The summed E-state index contributed by atoms with van der Waals surface area (Å²) in [6.45, 7) is 7.60. The highest BCUT2D eigenvalue weighted by molar-refractivity contribution is 7.99. The highest BCUT2D eigenvalue weighted by Crippen LogP contribution is 2.23. The van der Waals surface area contributed by atoms with Gasteiger partial charge in [0, 0.05) is 19.6 Å². The Bertz CT molecular complexity index is 458. The topological polar surface area (TPSA) is 54.7 Å². The van der Waals surface area contributed by atoms with Gasteiger partial charge in [-0.25, -0.2) is 0 Å². The Morgan fingerprint density at radius 1 is 1.43 bits per heavy atom. The summed E-state index contributed by atoms with van der Waals surface area (Å²) in [5.74, 6) is 1.88. The van der Waals surface area contributed by atoms with E-state index in [9.17, 15) is 4.79 Å². The van der Waals surface area contributed by atoms with Crippen molar-refractivity contribution >= 4 is 17.7 Å². The Kier molecular flexibility index (Phi) is 6.14. The number of aryl methyl sites for hydroxylation is 1. The predicted octanol–water partition coefficient (Wildman–Crippen LogP) is 1.83. The molecule has 0 bridgehead atoms. The minimum Gasteiger partial charge on any atom is -0.465 e. The van der Waals surface area contributed by atoms with Crippen LogP contribution in [-0.4, -0.2) is 55.2 Å². The first-order valence-corrected chi connectivity index (χ1v) is 8.59. The average molecular weight is 312 g/mol. The number of ether oxygens (including phenoxy) is 1. The number of hydrogen-bond acceptors (Lipinski definition) is 5. The molecule has 1 aromatic heterocycles. The number of thioether (sulfide) groups is 1. The van der Waals surface area contributed by atoms with Crippen molar-refractivity contribution < 1.29 is 13.9 Å². The number of carbonyl (C=O) groups is 1. The summed E-state index contributed by atoms with van der Waals surface area (Å²) < 4.78 is 11.2. The zero-order valence-electron chi connectivity index (χ0n) is 12.9. The lowest BCUT2D eigenvalue weighted by Gasteiger charge is -2.33. The normalized spacial score (nSPS) is 19.2. The summed E-state index contributed by atoms with van der Waals surface area (Å²) in [5, 5.41) is 3.00. The first-order chi connectivity index (χ1) is 10.1. The van der Waals surface area contributed by atoms with E-state index in [1.807, 2.05) is 32.2 Å². The Labute approximate surface area is 130 Å². The third-order valence-electron chi connectivity index (χ3n) is 3.77. The molecule has 1 fully saturated rings. The fraction of sp³-hybridized carbons (Fsp3) is 0.667. The van der Waals surface area contributed by atoms with Crippen LogP contribution >= 0.6 is 11.8 Å². The van der Waals surface area contributed by atoms with Crippen molar-refractivity contribution in [1.29, 1.82) is 0 Å². The quantitative estimate of drug-likeness (QED) is 0.868. The van der Waals surface area contributed by atoms with Gasteiger partial charge in [0.15, 0.2) is 0 Å². The maximum absolute atomic E-state index is 12.0. The van der Waals surface area contributed by atoms with Gasteiger partial charge in [0.2, 0.25) is 5.91 Å². The molecule has 1 aliphatic heterocycles. The lowest BCUT2D eigenvalue weighted by atomic mass is 10.1. The monoisotopic (exact) mass is 312 g/mol. The van der Waals surface area contributed by atoms with E-state index >= 15 is 0 Å². The van der Waals surface area contributed by atoms with Crippen molar-refractivity contribution in [3.05, 3.63) is 23.7 Å². The van der Waals surface area contributed by atoms with E-state index in [-0.39, 0.29) is 17.2 Å². The van der Waals surface area contributed by atoms with E-state index in [0.29, 0.717) is 6.54 Å². The Balaban J connectivity index is 2.03. The minimum absolute atomic E-state index is 0.0336. The summed E-state index contributed by atoms with van der Waals surface area (Å²) in [5.41, 5.74) is 0. The van der Waals surface area contributed by atoms with Crippen LogP contribution < -0.4 is 5.32 Å². The number of nitrogens with zero attached hydrogens (tertiary/aromatic N) is 1. The van der Waals surface area contributed by atoms with E-state index in [2.05, 4.69) is 10.2 Å². The fourth-order valence-corrected chi connectivity index (χ4v) is 2.68. The molecule has 1 amide bonds. The molecule has 0 aliphatic carbocycles. The second kappa shape index (κ2) is 7.87. The molecular weight excluding hydrogens is 288 g/mol. The largest absolute Gasteiger partial charge is 0.465 e. The first-order valence-electron chi connectivity index (χ1n) is 7.30. The van der Waals surface area contributed by atoms with Crippen LogP contribution in [0.2, 0.25) is 0 Å². The molecule has 118 valence electrons. The standard InChI is InChI=1S/C15H24N2O3S/c1-11-4-5-14(20-11)13(17-6-8-19-9-7-17)10-16-15(18)12(2)21-3/h4-5,12-13H,6-10H2,1-3H3,(H,16,18)/t12-,13-/m0/s1. The molecule has 0 radical (unpaired) electrons. The predicted molar refractivity (Wildman–Crippen MR) is 84.6 cm³/mol. The second-order valence-corrected chi connectivity index (χ2v) is 6.41. The molecule has 0 spiro atoms. The van der Waals surface area contributed by atoms with Gasteiger partial charge in [0.1, 0.15) is 11.5 Å². The summed E-state index contributed by atoms with van der Waals surface area (Å²) >= 11 is 1.55. The number of carbonyl (C=O) groups excluding carboxylic acids is 1. The third kappa shape index (κ3) is 4.49. The summed E-state index contributed by atoms with van der Waals surface area (Å²) in [7, 11) is 0. The van der Waals surface area contributed by atoms with Crippen LogP contribution in [0.15, 0.2) is 16.5 Å². The van der Waals surface area contributed by atoms with Crippen LogP contribution in [0.4, 0.5) is 0 Å². The Morgan fingerprint density at radius 2 is 2.14 bits per heavy atom. The molecule has 0 saturated carbocycles. The number of amides is 1. The SMILES string of the molecule is CS[C@@H](C)C(=O)NC[C@@H](c1ccc(C)o1)N1CCOCC1. The minimum atomic E-state index is -0.0336. The molecule has 1 saturated heterocycles. The van der Waals surface area contributed by atoms with E-state index in [1.54, 1.807) is 11.8 Å². The maximum Gasteiger partial charge on any atom is 0.232 e. The lowest BCUT2D eigenvalue weighted by Crippen LogP contribution is -2.44. The van der Waals surface area contributed by atoms with Gasteiger partial charge in [-0.1, -0.05) is 0 Å². The van der Waals surface area contributed by atoms with Crippen molar-refractivity contribution in [3.63, 3.8) is 0 Å². The van der Waals surface area contributed by atoms with Crippen LogP contribution in [0, 0.1) is 6.92 Å². The summed E-state index contributed by atoms with van der Waals surface area (Å²) in [4.78, 5) is 14.3. The van der Waals surface area contributed by atoms with Gasteiger partial charge >= 0.3 is 0 Å².